The molecule has 0 aliphatic heterocycles. The van der Waals surface area contributed by atoms with E-state index in [0.717, 1.165) is 0 Å². The lowest BCUT2D eigenvalue weighted by molar-refractivity contribution is -0.384. The molecule has 0 saturated heterocycles. The van der Waals surface area contributed by atoms with Gasteiger partial charge >= 0.3 is 0 Å². The number of hydrogen-bond donors (Lipinski definition) is 1. The molecule has 2 N–H and O–H groups in total. The maximum atomic E-state index is 12.7. The van der Waals surface area contributed by atoms with Crippen LogP contribution in [-0.4, -0.2) is 23.9 Å². The second kappa shape index (κ2) is 7.41. The van der Waals surface area contributed by atoms with Gasteiger partial charge in [-0.05, 0) is 30.3 Å². The van der Waals surface area contributed by atoms with Crippen LogP contribution in [0.4, 0.5) is 11.4 Å². The molecule has 0 unspecified atom stereocenters. The minimum Gasteiger partial charge on any atom is -0.329 e. The van der Waals surface area contributed by atoms with Gasteiger partial charge in [0.25, 0.3) is 11.6 Å². The molecule has 0 spiro atoms. The van der Waals surface area contributed by atoms with E-state index in [9.17, 15) is 14.9 Å². The molecule has 0 atom stereocenters. The number of benzene rings is 2. The molecule has 0 heterocycles. The first-order chi connectivity index (χ1) is 10.9. The quantitative estimate of drug-likeness (QED) is 0.657. The maximum absolute atomic E-state index is 12.7. The maximum Gasteiger partial charge on any atom is 0.269 e. The molecule has 8 heteroatoms. The summed E-state index contributed by atoms with van der Waals surface area (Å²) in [6, 6.07) is 10.2. The summed E-state index contributed by atoms with van der Waals surface area (Å²) >= 11 is 11.9. The molecule has 120 valence electrons. The first kappa shape index (κ1) is 17.2. The topological polar surface area (TPSA) is 89.5 Å². The van der Waals surface area contributed by atoms with Crippen molar-refractivity contribution in [3.05, 3.63) is 68.2 Å². The summed E-state index contributed by atoms with van der Waals surface area (Å²) in [5.41, 5.74) is 6.29. The number of anilines is 1. The number of nitrogens with two attached hydrogens (primary N) is 1. The third kappa shape index (κ3) is 3.98. The standard InChI is InChI=1S/C15H13Cl2N3O3/c16-10-1-6-13(14(17)9-10)15(21)19(8-7-18)11-2-4-12(5-3-11)20(22)23/h1-6,9H,7-8,18H2. The fourth-order valence-corrected chi connectivity index (χ4v) is 2.53. The summed E-state index contributed by atoms with van der Waals surface area (Å²) in [4.78, 5) is 24.3. The van der Waals surface area contributed by atoms with Crippen molar-refractivity contribution >= 4 is 40.5 Å². The molecular formula is C15H13Cl2N3O3. The highest BCUT2D eigenvalue weighted by Gasteiger charge is 2.20. The van der Waals surface area contributed by atoms with E-state index in [-0.39, 0.29) is 35.3 Å². The van der Waals surface area contributed by atoms with Crippen LogP contribution in [0.5, 0.6) is 0 Å². The number of carbonyl (C=O) groups excluding carboxylic acids is 1. The second-order valence-electron chi connectivity index (χ2n) is 4.64. The molecule has 6 nitrogen and oxygen atoms in total. The van der Waals surface area contributed by atoms with Crippen molar-refractivity contribution in [2.45, 2.75) is 0 Å². The Kier molecular flexibility index (Phi) is 5.54. The van der Waals surface area contributed by atoms with Crippen molar-refractivity contribution in [1.29, 1.82) is 0 Å². The zero-order valence-electron chi connectivity index (χ0n) is 11.9. The smallest absolute Gasteiger partial charge is 0.269 e. The number of halogens is 2. The van der Waals surface area contributed by atoms with Gasteiger partial charge in [0.05, 0.1) is 15.5 Å². The summed E-state index contributed by atoms with van der Waals surface area (Å²) in [5, 5.41) is 11.4. The predicted molar refractivity (Wildman–Crippen MR) is 90.3 cm³/mol. The van der Waals surface area contributed by atoms with Gasteiger partial charge in [-0.15, -0.1) is 0 Å². The van der Waals surface area contributed by atoms with Crippen LogP contribution in [0, 0.1) is 10.1 Å². The van der Waals surface area contributed by atoms with Crippen molar-refractivity contribution in [2.75, 3.05) is 18.0 Å². The molecule has 0 fully saturated rings. The Morgan fingerprint density at radius 1 is 1.17 bits per heavy atom. The van der Waals surface area contributed by atoms with Gasteiger partial charge in [0, 0.05) is 35.9 Å². The van der Waals surface area contributed by atoms with Gasteiger partial charge in [0.2, 0.25) is 0 Å². The molecule has 2 rings (SSSR count). The molecule has 2 aromatic carbocycles. The zero-order chi connectivity index (χ0) is 17.0. The van der Waals surface area contributed by atoms with Crippen LogP contribution < -0.4 is 10.6 Å². The van der Waals surface area contributed by atoms with Crippen LogP contribution in [-0.2, 0) is 0 Å². The van der Waals surface area contributed by atoms with E-state index in [0.29, 0.717) is 10.7 Å². The van der Waals surface area contributed by atoms with Crippen molar-refractivity contribution in [1.82, 2.24) is 0 Å². The molecule has 2 aromatic rings. The van der Waals surface area contributed by atoms with Gasteiger partial charge in [-0.2, -0.15) is 0 Å². The molecule has 0 aromatic heterocycles. The summed E-state index contributed by atoms with van der Waals surface area (Å²) in [6.07, 6.45) is 0. The minimum absolute atomic E-state index is 0.0570. The summed E-state index contributed by atoms with van der Waals surface area (Å²) in [5.74, 6) is -0.356. The van der Waals surface area contributed by atoms with E-state index in [1.165, 1.54) is 41.3 Å². The Morgan fingerprint density at radius 2 is 1.83 bits per heavy atom. The predicted octanol–water partition coefficient (Wildman–Crippen LogP) is 3.51. The average Bonchev–Trinajstić information content (AvgIpc) is 2.52. The Hall–Kier alpha value is -2.15. The van der Waals surface area contributed by atoms with Gasteiger partial charge in [0.1, 0.15) is 0 Å². The van der Waals surface area contributed by atoms with Crippen LogP contribution >= 0.6 is 23.2 Å². The van der Waals surface area contributed by atoms with Gasteiger partial charge < -0.3 is 10.6 Å². The number of nitrogens with zero attached hydrogens (tertiary/aromatic N) is 2. The number of nitro benzene ring substituents is 1. The number of non-ortho nitro benzene ring substituents is 1. The van der Waals surface area contributed by atoms with E-state index < -0.39 is 4.92 Å². The van der Waals surface area contributed by atoms with Crippen LogP contribution in [0.1, 0.15) is 10.4 Å². The van der Waals surface area contributed by atoms with Crippen molar-refractivity contribution in [3.63, 3.8) is 0 Å². The van der Waals surface area contributed by atoms with Crippen LogP contribution in [0.2, 0.25) is 10.0 Å². The van der Waals surface area contributed by atoms with E-state index in [1.807, 2.05) is 0 Å². The third-order valence-corrected chi connectivity index (χ3v) is 3.68. The largest absolute Gasteiger partial charge is 0.329 e. The second-order valence-corrected chi connectivity index (χ2v) is 5.49. The van der Waals surface area contributed by atoms with Crippen molar-refractivity contribution < 1.29 is 9.72 Å². The Bertz CT molecular complexity index is 735. The van der Waals surface area contributed by atoms with Gasteiger partial charge in [-0.3, -0.25) is 14.9 Å². The van der Waals surface area contributed by atoms with Gasteiger partial charge in [0.15, 0.2) is 0 Å². The minimum atomic E-state index is -0.505. The normalized spacial score (nSPS) is 10.4. The summed E-state index contributed by atoms with van der Waals surface area (Å²) in [6.45, 7) is 0.476. The highest BCUT2D eigenvalue weighted by atomic mass is 35.5. The first-order valence-electron chi connectivity index (χ1n) is 6.65. The van der Waals surface area contributed by atoms with E-state index in [4.69, 9.17) is 28.9 Å². The first-order valence-corrected chi connectivity index (χ1v) is 7.41. The lowest BCUT2D eigenvalue weighted by atomic mass is 10.1. The Labute approximate surface area is 142 Å². The lowest BCUT2D eigenvalue weighted by Gasteiger charge is -2.22. The van der Waals surface area contributed by atoms with Crippen LogP contribution in [0.15, 0.2) is 42.5 Å². The SMILES string of the molecule is NCCN(C(=O)c1ccc(Cl)cc1Cl)c1ccc([N+](=O)[O-])cc1. The van der Waals surface area contributed by atoms with Crippen molar-refractivity contribution in [2.24, 2.45) is 5.73 Å². The van der Waals surface area contributed by atoms with Gasteiger partial charge in [-0.25, -0.2) is 0 Å². The van der Waals surface area contributed by atoms with E-state index in [1.54, 1.807) is 6.07 Å². The molecule has 0 aliphatic carbocycles. The van der Waals surface area contributed by atoms with E-state index in [2.05, 4.69) is 0 Å². The van der Waals surface area contributed by atoms with E-state index >= 15 is 0 Å². The van der Waals surface area contributed by atoms with Gasteiger partial charge in [-0.1, -0.05) is 23.2 Å². The fraction of sp³-hybridized carbons (Fsp3) is 0.133. The Morgan fingerprint density at radius 3 is 2.35 bits per heavy atom. The lowest BCUT2D eigenvalue weighted by Crippen LogP contribution is -2.35. The summed E-state index contributed by atoms with van der Waals surface area (Å²) in [7, 11) is 0. The van der Waals surface area contributed by atoms with Crippen molar-refractivity contribution in [3.8, 4) is 0 Å². The number of rotatable bonds is 5. The molecule has 1 amide bonds. The number of carbonyl (C=O) groups is 1. The van der Waals surface area contributed by atoms with Crippen LogP contribution in [0.3, 0.4) is 0 Å². The fourth-order valence-electron chi connectivity index (χ4n) is 2.04. The average molecular weight is 354 g/mol. The monoisotopic (exact) mass is 353 g/mol. The Balaban J connectivity index is 2.37. The highest BCUT2D eigenvalue weighted by molar-refractivity contribution is 6.37. The number of hydrogen-bond acceptors (Lipinski definition) is 4. The molecule has 0 radical (unpaired) electrons. The summed E-state index contributed by atoms with van der Waals surface area (Å²) < 4.78 is 0. The molecule has 0 saturated carbocycles. The molecule has 0 aliphatic rings. The third-order valence-electron chi connectivity index (χ3n) is 3.13. The highest BCUT2D eigenvalue weighted by Crippen LogP contribution is 2.25. The molecular weight excluding hydrogens is 341 g/mol. The zero-order valence-corrected chi connectivity index (χ0v) is 13.4. The number of nitro groups is 1. The number of amides is 1. The molecule has 0 bridgehead atoms. The molecule has 23 heavy (non-hydrogen) atoms. The van der Waals surface area contributed by atoms with Crippen LogP contribution in [0.25, 0.3) is 0 Å².